The normalized spacial score (nSPS) is 23.6. The third-order valence-corrected chi connectivity index (χ3v) is 8.08. The first-order valence-electron chi connectivity index (χ1n) is 12.1. The Hall–Kier alpha value is -2.38. The zero-order valence-electron chi connectivity index (χ0n) is 19.9. The molecular weight excluding hydrogens is 450 g/mol. The van der Waals surface area contributed by atoms with Crippen LogP contribution in [-0.2, 0) is 15.1 Å². The summed E-state index contributed by atoms with van der Waals surface area (Å²) in [5.74, 6) is 0. The van der Waals surface area contributed by atoms with Gasteiger partial charge in [-0.3, -0.25) is 0 Å². The van der Waals surface area contributed by atoms with Crippen LogP contribution < -0.4 is 4.90 Å². The van der Waals surface area contributed by atoms with Crippen molar-refractivity contribution in [3.05, 3.63) is 52.3 Å². The van der Waals surface area contributed by atoms with Crippen molar-refractivity contribution in [2.24, 2.45) is 0 Å². The van der Waals surface area contributed by atoms with E-state index in [1.807, 2.05) is 19.9 Å². The summed E-state index contributed by atoms with van der Waals surface area (Å²) in [5.41, 5.74) is 6.08. The number of ether oxygens (including phenoxy) is 2. The number of aromatic nitrogens is 2. The van der Waals surface area contributed by atoms with Crippen molar-refractivity contribution in [1.82, 2.24) is 9.38 Å². The Balaban J connectivity index is 1.71. The standard InChI is InChI=1S/C27H30ClN3O3/c1-4-27(32)5-8-34-17(3)19-14-31-15-20-25(24(31)12-21(19)27)29-23-13-22(28)16(2)11-18(23)26(20)30-6-9-33-10-7-30/h11-15,17,32H,4-10H2,1-3H3. The summed E-state index contributed by atoms with van der Waals surface area (Å²) in [5, 5.41) is 14.5. The van der Waals surface area contributed by atoms with E-state index in [-0.39, 0.29) is 6.10 Å². The fourth-order valence-electron chi connectivity index (χ4n) is 5.58. The Bertz CT molecular complexity index is 1430. The monoisotopic (exact) mass is 479 g/mol. The fraction of sp³-hybridized carbons (Fsp3) is 0.444. The van der Waals surface area contributed by atoms with Crippen molar-refractivity contribution in [2.45, 2.75) is 45.3 Å². The molecule has 0 aliphatic carbocycles. The van der Waals surface area contributed by atoms with Crippen molar-refractivity contribution in [1.29, 1.82) is 0 Å². The molecule has 1 N–H and O–H groups in total. The minimum atomic E-state index is -0.914. The Morgan fingerprint density at radius 3 is 2.71 bits per heavy atom. The van der Waals surface area contributed by atoms with Gasteiger partial charge >= 0.3 is 0 Å². The van der Waals surface area contributed by atoms with E-state index in [2.05, 4.69) is 40.8 Å². The molecule has 0 amide bonds. The van der Waals surface area contributed by atoms with E-state index in [1.54, 1.807) is 0 Å². The summed E-state index contributed by atoms with van der Waals surface area (Å²) < 4.78 is 13.8. The number of benzene rings is 1. The average Bonchev–Trinajstić information content (AvgIpc) is 3.14. The Labute approximate surface area is 204 Å². The highest BCUT2D eigenvalue weighted by atomic mass is 35.5. The molecule has 7 heteroatoms. The van der Waals surface area contributed by atoms with E-state index < -0.39 is 5.60 Å². The van der Waals surface area contributed by atoms with Gasteiger partial charge in [0.25, 0.3) is 0 Å². The maximum Gasteiger partial charge on any atom is 0.0985 e. The van der Waals surface area contributed by atoms with E-state index in [0.29, 0.717) is 32.7 Å². The van der Waals surface area contributed by atoms with Crippen molar-refractivity contribution < 1.29 is 14.6 Å². The van der Waals surface area contributed by atoms with Gasteiger partial charge in [-0.25, -0.2) is 4.98 Å². The van der Waals surface area contributed by atoms with Crippen molar-refractivity contribution in [3.63, 3.8) is 0 Å². The van der Waals surface area contributed by atoms with Gasteiger partial charge in [0, 0.05) is 53.3 Å². The molecule has 0 saturated carbocycles. The maximum atomic E-state index is 11.5. The second-order valence-corrected chi connectivity index (χ2v) is 10.1. The number of nitrogens with zero attached hydrogens (tertiary/aromatic N) is 3. The number of hydrogen-bond acceptors (Lipinski definition) is 5. The van der Waals surface area contributed by atoms with Crippen LogP contribution in [0.1, 0.15) is 49.5 Å². The summed E-state index contributed by atoms with van der Waals surface area (Å²) >= 11 is 6.53. The number of fused-ring (bicyclic) bond motifs is 5. The second-order valence-electron chi connectivity index (χ2n) is 9.65. The van der Waals surface area contributed by atoms with E-state index in [4.69, 9.17) is 26.1 Å². The third kappa shape index (κ3) is 3.31. The SMILES string of the molecule is CCC1(O)CCOC(C)c2cn3cc4c(N5CCOCC5)c5cc(C)c(Cl)cc5nc4c3cc21. The number of halogens is 1. The van der Waals surface area contributed by atoms with E-state index >= 15 is 0 Å². The highest BCUT2D eigenvalue weighted by Gasteiger charge is 2.35. The van der Waals surface area contributed by atoms with Gasteiger partial charge in [-0.2, -0.15) is 0 Å². The molecule has 6 rings (SSSR count). The number of pyridine rings is 2. The summed E-state index contributed by atoms with van der Waals surface area (Å²) in [4.78, 5) is 7.52. The van der Waals surface area contributed by atoms with Crippen LogP contribution in [-0.4, -0.2) is 47.4 Å². The van der Waals surface area contributed by atoms with Crippen molar-refractivity contribution in [2.75, 3.05) is 37.8 Å². The lowest BCUT2D eigenvalue weighted by Gasteiger charge is -2.30. The van der Waals surface area contributed by atoms with Gasteiger partial charge in [-0.1, -0.05) is 18.5 Å². The van der Waals surface area contributed by atoms with Crippen LogP contribution in [0.3, 0.4) is 0 Å². The lowest BCUT2D eigenvalue weighted by atomic mass is 9.85. The molecular formula is C27H30ClN3O3. The third-order valence-electron chi connectivity index (χ3n) is 7.67. The highest BCUT2D eigenvalue weighted by Crippen LogP contribution is 2.43. The van der Waals surface area contributed by atoms with Gasteiger partial charge in [0.2, 0.25) is 0 Å². The molecule has 2 aliphatic heterocycles. The van der Waals surface area contributed by atoms with E-state index in [9.17, 15) is 5.11 Å². The molecule has 1 saturated heterocycles. The second kappa shape index (κ2) is 8.09. The van der Waals surface area contributed by atoms with Crippen LogP contribution in [0.4, 0.5) is 5.69 Å². The average molecular weight is 480 g/mol. The summed E-state index contributed by atoms with van der Waals surface area (Å²) in [7, 11) is 0. The van der Waals surface area contributed by atoms with Gasteiger partial charge in [0.1, 0.15) is 0 Å². The van der Waals surface area contributed by atoms with Crippen LogP contribution in [0, 0.1) is 6.92 Å². The van der Waals surface area contributed by atoms with Crippen LogP contribution >= 0.6 is 11.6 Å². The molecule has 2 atom stereocenters. The molecule has 0 bridgehead atoms. The number of aryl methyl sites for hydroxylation is 1. The van der Waals surface area contributed by atoms with Crippen LogP contribution in [0.2, 0.25) is 5.02 Å². The predicted molar refractivity (Wildman–Crippen MR) is 136 cm³/mol. The zero-order valence-corrected chi connectivity index (χ0v) is 20.7. The number of anilines is 1. The molecule has 2 aliphatic rings. The quantitative estimate of drug-likeness (QED) is 0.410. The zero-order chi connectivity index (χ0) is 23.6. The summed E-state index contributed by atoms with van der Waals surface area (Å²) in [6, 6.07) is 6.25. The summed E-state index contributed by atoms with van der Waals surface area (Å²) in [6.07, 6.45) is 5.43. The Morgan fingerprint density at radius 2 is 1.94 bits per heavy atom. The topological polar surface area (TPSA) is 59.2 Å². The smallest absolute Gasteiger partial charge is 0.0985 e. The Morgan fingerprint density at radius 1 is 1.15 bits per heavy atom. The molecule has 1 fully saturated rings. The summed E-state index contributed by atoms with van der Waals surface area (Å²) in [6.45, 7) is 9.75. The lowest BCUT2D eigenvalue weighted by molar-refractivity contribution is -0.00672. The van der Waals surface area contributed by atoms with Crippen LogP contribution in [0.15, 0.2) is 30.6 Å². The first-order valence-corrected chi connectivity index (χ1v) is 12.5. The molecule has 178 valence electrons. The molecule has 3 aromatic heterocycles. The minimum Gasteiger partial charge on any atom is -0.385 e. The van der Waals surface area contributed by atoms with Crippen molar-refractivity contribution in [3.8, 4) is 0 Å². The van der Waals surface area contributed by atoms with Gasteiger partial charge in [-0.15, -0.1) is 0 Å². The van der Waals surface area contributed by atoms with E-state index in [0.717, 1.165) is 62.1 Å². The molecule has 0 radical (unpaired) electrons. The fourth-order valence-corrected chi connectivity index (χ4v) is 5.74. The van der Waals surface area contributed by atoms with Crippen molar-refractivity contribution >= 4 is 44.6 Å². The number of morpholine rings is 1. The first-order chi connectivity index (χ1) is 16.4. The van der Waals surface area contributed by atoms with Crippen LogP contribution in [0.5, 0.6) is 0 Å². The molecule has 0 spiro atoms. The molecule has 4 aromatic rings. The number of rotatable bonds is 2. The predicted octanol–water partition coefficient (Wildman–Crippen LogP) is 5.52. The Kier molecular flexibility index (Phi) is 5.26. The number of aliphatic hydroxyl groups is 1. The highest BCUT2D eigenvalue weighted by molar-refractivity contribution is 6.32. The van der Waals surface area contributed by atoms with Gasteiger partial charge in [-0.05, 0) is 49.6 Å². The van der Waals surface area contributed by atoms with Crippen LogP contribution in [0.25, 0.3) is 27.3 Å². The number of hydrogen-bond donors (Lipinski definition) is 1. The first kappa shape index (κ1) is 22.1. The largest absolute Gasteiger partial charge is 0.385 e. The molecule has 1 aromatic carbocycles. The van der Waals surface area contributed by atoms with Gasteiger partial charge in [0.15, 0.2) is 0 Å². The van der Waals surface area contributed by atoms with Gasteiger partial charge in [0.05, 0.1) is 53.8 Å². The molecule has 34 heavy (non-hydrogen) atoms. The maximum absolute atomic E-state index is 11.5. The molecule has 5 heterocycles. The lowest BCUT2D eigenvalue weighted by Crippen LogP contribution is -2.36. The van der Waals surface area contributed by atoms with E-state index in [1.165, 1.54) is 5.69 Å². The molecule has 6 nitrogen and oxygen atoms in total. The molecule has 2 unspecified atom stereocenters. The minimum absolute atomic E-state index is 0.0855. The van der Waals surface area contributed by atoms with Gasteiger partial charge < -0.3 is 23.9 Å².